The Labute approximate surface area is 114 Å². The van der Waals surface area contributed by atoms with Crippen LogP contribution in [0.1, 0.15) is 6.42 Å². The average molecular weight is 282 g/mol. The first-order chi connectivity index (χ1) is 8.59. The maximum Gasteiger partial charge on any atom is 0.223 e. The number of carbonyl (C=O) groups is 1. The first kappa shape index (κ1) is 13.0. The minimum atomic E-state index is 0.0789. The predicted molar refractivity (Wildman–Crippen MR) is 74.0 cm³/mol. The molecule has 2 aromatic rings. The Kier molecular flexibility index (Phi) is 3.93. The summed E-state index contributed by atoms with van der Waals surface area (Å²) in [4.78, 5) is 14.2. The molecule has 2 heterocycles. The second-order valence-corrected chi connectivity index (χ2v) is 5.35. The molecule has 5 nitrogen and oxygen atoms in total. The molecule has 0 aliphatic carbocycles. The highest BCUT2D eigenvalue weighted by Crippen LogP contribution is 2.22. The number of nitrogens with zero attached hydrogens (tertiary/aromatic N) is 3. The molecule has 0 bridgehead atoms. The van der Waals surface area contributed by atoms with Gasteiger partial charge >= 0.3 is 0 Å². The molecular formula is C11H14N4OS2. The minimum Gasteiger partial charge on any atom is -0.349 e. The number of hydrogen-bond donors (Lipinski definition) is 1. The van der Waals surface area contributed by atoms with Crippen LogP contribution in [0.4, 0.5) is 0 Å². The van der Waals surface area contributed by atoms with Gasteiger partial charge in [-0.3, -0.25) is 14.5 Å². The lowest BCUT2D eigenvalue weighted by Crippen LogP contribution is -2.23. The van der Waals surface area contributed by atoms with E-state index in [2.05, 4.69) is 10.2 Å². The molecule has 0 atom stereocenters. The Morgan fingerprint density at radius 2 is 2.39 bits per heavy atom. The first-order valence-electron chi connectivity index (χ1n) is 5.49. The van der Waals surface area contributed by atoms with Gasteiger partial charge in [0.25, 0.3) is 0 Å². The lowest BCUT2D eigenvalue weighted by Gasteiger charge is -2.10. The van der Waals surface area contributed by atoms with E-state index in [0.29, 0.717) is 17.7 Å². The van der Waals surface area contributed by atoms with E-state index in [-0.39, 0.29) is 5.91 Å². The van der Waals surface area contributed by atoms with Crippen LogP contribution < -0.4 is 0 Å². The van der Waals surface area contributed by atoms with E-state index in [9.17, 15) is 4.79 Å². The van der Waals surface area contributed by atoms with E-state index < -0.39 is 0 Å². The van der Waals surface area contributed by atoms with Crippen molar-refractivity contribution in [3.8, 4) is 10.7 Å². The van der Waals surface area contributed by atoms with Crippen LogP contribution in [0.2, 0.25) is 0 Å². The minimum absolute atomic E-state index is 0.0789. The average Bonchev–Trinajstić information content (AvgIpc) is 2.95. The lowest BCUT2D eigenvalue weighted by atomic mass is 10.3. The van der Waals surface area contributed by atoms with Crippen LogP contribution in [-0.4, -0.2) is 39.7 Å². The van der Waals surface area contributed by atoms with Crippen molar-refractivity contribution in [3.05, 3.63) is 22.3 Å². The predicted octanol–water partition coefficient (Wildman–Crippen LogP) is 2.15. The van der Waals surface area contributed by atoms with E-state index >= 15 is 0 Å². The van der Waals surface area contributed by atoms with Crippen molar-refractivity contribution < 1.29 is 4.79 Å². The topological polar surface area (TPSA) is 53.9 Å². The molecule has 0 saturated carbocycles. The number of H-pyrrole nitrogens is 1. The van der Waals surface area contributed by atoms with Crippen LogP contribution in [0.3, 0.4) is 0 Å². The Morgan fingerprint density at radius 1 is 1.61 bits per heavy atom. The number of hydrogen-bond acceptors (Lipinski definition) is 4. The van der Waals surface area contributed by atoms with Gasteiger partial charge in [0.15, 0.2) is 10.6 Å². The molecule has 2 rings (SSSR count). The van der Waals surface area contributed by atoms with Crippen LogP contribution in [0, 0.1) is 4.77 Å². The maximum absolute atomic E-state index is 11.6. The normalized spacial score (nSPS) is 10.6. The second-order valence-electron chi connectivity index (χ2n) is 4.02. The summed E-state index contributed by atoms with van der Waals surface area (Å²) in [5.74, 6) is 0.872. The zero-order valence-corrected chi connectivity index (χ0v) is 11.8. The Morgan fingerprint density at radius 3 is 3.00 bits per heavy atom. The van der Waals surface area contributed by atoms with Crippen LogP contribution in [0.5, 0.6) is 0 Å². The number of thiophene rings is 1. The third-order valence-electron chi connectivity index (χ3n) is 2.55. The molecule has 2 aromatic heterocycles. The van der Waals surface area contributed by atoms with Gasteiger partial charge in [0.1, 0.15) is 0 Å². The largest absolute Gasteiger partial charge is 0.349 e. The number of aromatic nitrogens is 3. The molecule has 0 unspecified atom stereocenters. The number of amides is 1. The van der Waals surface area contributed by atoms with Crippen molar-refractivity contribution in [3.63, 3.8) is 0 Å². The summed E-state index contributed by atoms with van der Waals surface area (Å²) in [6.45, 7) is 0.541. The fourth-order valence-electron chi connectivity index (χ4n) is 1.55. The van der Waals surface area contributed by atoms with Gasteiger partial charge in [-0.25, -0.2) is 0 Å². The summed E-state index contributed by atoms with van der Waals surface area (Å²) in [6, 6.07) is 3.95. The van der Waals surface area contributed by atoms with Gasteiger partial charge in [-0.1, -0.05) is 6.07 Å². The van der Waals surface area contributed by atoms with E-state index in [1.807, 2.05) is 22.1 Å². The fraction of sp³-hybridized carbons (Fsp3) is 0.364. The van der Waals surface area contributed by atoms with Gasteiger partial charge in [-0.2, -0.15) is 5.10 Å². The third-order valence-corrected chi connectivity index (χ3v) is 3.73. The van der Waals surface area contributed by atoms with Gasteiger partial charge < -0.3 is 4.90 Å². The molecule has 0 spiro atoms. The van der Waals surface area contributed by atoms with Crippen LogP contribution >= 0.6 is 23.6 Å². The van der Waals surface area contributed by atoms with E-state index in [1.54, 1.807) is 30.3 Å². The molecule has 1 N–H and O–H groups in total. The van der Waals surface area contributed by atoms with Crippen molar-refractivity contribution in [2.75, 3.05) is 14.1 Å². The second kappa shape index (κ2) is 5.45. The van der Waals surface area contributed by atoms with Crippen LogP contribution in [0.15, 0.2) is 17.5 Å². The highest BCUT2D eigenvalue weighted by atomic mass is 32.1. The van der Waals surface area contributed by atoms with Gasteiger partial charge in [0.2, 0.25) is 5.91 Å². The zero-order chi connectivity index (χ0) is 13.1. The van der Waals surface area contributed by atoms with Crippen molar-refractivity contribution in [1.82, 2.24) is 19.7 Å². The summed E-state index contributed by atoms with van der Waals surface area (Å²) in [7, 11) is 3.49. The van der Waals surface area contributed by atoms with Crippen LogP contribution in [0.25, 0.3) is 10.7 Å². The summed E-state index contributed by atoms with van der Waals surface area (Å²) < 4.78 is 2.41. The van der Waals surface area contributed by atoms with Gasteiger partial charge in [-0.15, -0.1) is 11.3 Å². The standard InChI is InChI=1S/C11H14N4OS2/c1-14(2)9(16)5-6-15-10(12-13-11(15)17)8-4-3-7-18-8/h3-4,7H,5-6H2,1-2H3,(H,13,17). The molecule has 7 heteroatoms. The van der Waals surface area contributed by atoms with E-state index in [0.717, 1.165) is 10.7 Å². The first-order valence-corrected chi connectivity index (χ1v) is 6.77. The Hall–Kier alpha value is -1.47. The SMILES string of the molecule is CN(C)C(=O)CCn1c(-c2cccs2)n[nH]c1=S. The van der Waals surface area contributed by atoms with E-state index in [1.165, 1.54) is 0 Å². The summed E-state index contributed by atoms with van der Waals surface area (Å²) in [5.41, 5.74) is 0. The highest BCUT2D eigenvalue weighted by molar-refractivity contribution is 7.71. The fourth-order valence-corrected chi connectivity index (χ4v) is 2.50. The lowest BCUT2D eigenvalue weighted by molar-refractivity contribution is -0.128. The van der Waals surface area contributed by atoms with Gasteiger partial charge in [0.05, 0.1) is 4.88 Å². The molecule has 0 aliphatic rings. The Balaban J connectivity index is 2.21. The Bertz CT molecular complexity index is 582. The third kappa shape index (κ3) is 2.68. The van der Waals surface area contributed by atoms with Crippen molar-refractivity contribution in [2.24, 2.45) is 0 Å². The van der Waals surface area contributed by atoms with Gasteiger partial charge in [0, 0.05) is 27.1 Å². The molecule has 96 valence electrons. The molecule has 0 aliphatic heterocycles. The van der Waals surface area contributed by atoms with Crippen LogP contribution in [-0.2, 0) is 11.3 Å². The molecule has 0 saturated heterocycles. The molecule has 0 aromatic carbocycles. The molecule has 0 radical (unpaired) electrons. The molecule has 18 heavy (non-hydrogen) atoms. The molecule has 1 amide bonds. The smallest absolute Gasteiger partial charge is 0.223 e. The molecular weight excluding hydrogens is 268 g/mol. The number of aromatic amines is 1. The number of rotatable bonds is 4. The maximum atomic E-state index is 11.6. The number of nitrogens with one attached hydrogen (secondary N) is 1. The quantitative estimate of drug-likeness (QED) is 0.874. The summed E-state index contributed by atoms with van der Waals surface area (Å²) in [6.07, 6.45) is 0.416. The van der Waals surface area contributed by atoms with Crippen molar-refractivity contribution >= 4 is 29.5 Å². The van der Waals surface area contributed by atoms with Gasteiger partial charge in [-0.05, 0) is 23.7 Å². The van der Waals surface area contributed by atoms with E-state index in [4.69, 9.17) is 12.2 Å². The summed E-state index contributed by atoms with van der Waals surface area (Å²) >= 11 is 6.79. The van der Waals surface area contributed by atoms with Crippen molar-refractivity contribution in [2.45, 2.75) is 13.0 Å². The van der Waals surface area contributed by atoms with Crippen molar-refractivity contribution in [1.29, 1.82) is 0 Å². The number of carbonyl (C=O) groups excluding carboxylic acids is 1. The monoisotopic (exact) mass is 282 g/mol. The molecule has 0 fully saturated rings. The highest BCUT2D eigenvalue weighted by Gasteiger charge is 2.11. The zero-order valence-electron chi connectivity index (χ0n) is 10.2. The summed E-state index contributed by atoms with van der Waals surface area (Å²) in [5, 5.41) is 8.98.